The number of carboxylic acid groups (broad SMARTS) is 1. The number of thiazole rings is 1. The van der Waals surface area contributed by atoms with E-state index < -0.39 is 90.0 Å². The molecular formula is C70H105N11O14S. The minimum absolute atomic E-state index is 0.0879. The van der Waals surface area contributed by atoms with Crippen molar-refractivity contribution in [1.29, 1.82) is 0 Å². The van der Waals surface area contributed by atoms with Gasteiger partial charge in [-0.25, -0.2) is 14.6 Å². The number of carbonyl (C=O) groups excluding carboxylic acids is 10. The fraction of sp³-hybridized carbons (Fsp3) is 0.600. The fourth-order valence-corrected chi connectivity index (χ4v) is 12.1. The minimum Gasteiger partial charge on any atom is -0.481 e. The van der Waals surface area contributed by atoms with E-state index in [2.05, 4.69) is 31.9 Å². The van der Waals surface area contributed by atoms with E-state index in [0.29, 0.717) is 87.2 Å². The highest BCUT2D eigenvalue weighted by atomic mass is 32.1. The lowest BCUT2D eigenvalue weighted by Crippen LogP contribution is -2.59. The van der Waals surface area contributed by atoms with Gasteiger partial charge in [0, 0.05) is 81.4 Å². The Bertz CT molecular complexity index is 3050. The first kappa shape index (κ1) is 80.2. The van der Waals surface area contributed by atoms with Crippen molar-refractivity contribution in [1.82, 2.24) is 46.3 Å². The summed E-state index contributed by atoms with van der Waals surface area (Å²) in [6.45, 7) is 21.6. The van der Waals surface area contributed by atoms with Gasteiger partial charge in [0.25, 0.3) is 17.7 Å². The number of ether oxygens (including phenoxy) is 2. The van der Waals surface area contributed by atoms with Crippen molar-refractivity contribution in [3.8, 4) is 0 Å². The highest BCUT2D eigenvalue weighted by molar-refractivity contribution is 7.09. The summed E-state index contributed by atoms with van der Waals surface area (Å²) in [6, 6.07) is 10.2. The Kier molecular flexibility index (Phi) is 34.2. The number of nitrogens with zero attached hydrogens (tertiary/aromatic N) is 4. The lowest BCUT2D eigenvalue weighted by molar-refractivity contribution is -0.143. The molecule has 2 aromatic carbocycles. The zero-order valence-electron chi connectivity index (χ0n) is 58.1. The van der Waals surface area contributed by atoms with Crippen LogP contribution >= 0.6 is 11.3 Å². The normalized spacial score (nSPS) is 15.2. The number of urea groups is 1. The van der Waals surface area contributed by atoms with Gasteiger partial charge in [-0.15, -0.1) is 11.3 Å². The summed E-state index contributed by atoms with van der Waals surface area (Å²) in [6.07, 6.45) is 6.27. The summed E-state index contributed by atoms with van der Waals surface area (Å²) in [7, 11) is 1.48. The molecule has 0 spiro atoms. The van der Waals surface area contributed by atoms with Gasteiger partial charge in [-0.05, 0) is 98.3 Å². The van der Waals surface area contributed by atoms with Gasteiger partial charge >= 0.3 is 18.1 Å². The highest BCUT2D eigenvalue weighted by Gasteiger charge is 2.40. The molecule has 1 aliphatic rings. The van der Waals surface area contributed by atoms with Crippen LogP contribution < -0.4 is 37.6 Å². The van der Waals surface area contributed by atoms with Crippen molar-refractivity contribution in [3.63, 3.8) is 0 Å². The largest absolute Gasteiger partial charge is 0.481 e. The molecule has 0 radical (unpaired) electrons. The van der Waals surface area contributed by atoms with Crippen LogP contribution in [0.15, 0.2) is 72.1 Å². The van der Waals surface area contributed by atoms with Crippen LogP contribution in [0.4, 0.5) is 15.3 Å². The van der Waals surface area contributed by atoms with Gasteiger partial charge in [0.1, 0.15) is 47.6 Å². The lowest BCUT2D eigenvalue weighted by atomic mass is 9.91. The van der Waals surface area contributed by atoms with Crippen LogP contribution in [0.1, 0.15) is 186 Å². The van der Waals surface area contributed by atoms with Crippen LogP contribution in [0.3, 0.4) is 0 Å². The molecule has 96 heavy (non-hydrogen) atoms. The molecular weight excluding hydrogens is 1250 g/mol. The average Bonchev–Trinajstić information content (AvgIpc) is 1.12. The summed E-state index contributed by atoms with van der Waals surface area (Å²) >= 11 is 1.28. The zero-order chi connectivity index (χ0) is 71.2. The van der Waals surface area contributed by atoms with Crippen LogP contribution in [-0.2, 0) is 60.9 Å². The molecule has 1 aliphatic heterocycles. The number of nitrogens with one attached hydrogen (secondary N) is 6. The van der Waals surface area contributed by atoms with Gasteiger partial charge in [-0.1, -0.05) is 138 Å². The minimum atomic E-state index is -1.11. The van der Waals surface area contributed by atoms with Crippen LogP contribution in [-0.4, -0.2) is 160 Å². The summed E-state index contributed by atoms with van der Waals surface area (Å²) in [5.74, 6) is -6.41. The molecule has 2 heterocycles. The Balaban J connectivity index is 1.45. The predicted octanol–water partition coefficient (Wildman–Crippen LogP) is 8.43. The topological polar surface area (TPSA) is 347 Å². The number of likely N-dealkylation sites (N-methyl/N-ethyl adjacent to an activating group) is 1. The molecule has 0 saturated heterocycles. The second-order valence-electron chi connectivity index (χ2n) is 25.7. The van der Waals surface area contributed by atoms with Crippen molar-refractivity contribution >= 4 is 82.4 Å². The number of rotatable bonds is 43. The van der Waals surface area contributed by atoms with Gasteiger partial charge in [0.15, 0.2) is 0 Å². The van der Waals surface area contributed by atoms with Gasteiger partial charge in [0.05, 0.1) is 5.92 Å². The van der Waals surface area contributed by atoms with E-state index in [9.17, 15) is 53.1 Å². The first-order valence-corrected chi connectivity index (χ1v) is 34.7. The Labute approximate surface area is 569 Å². The second-order valence-corrected chi connectivity index (χ2v) is 26.5. The molecule has 4 rings (SSSR count). The second kappa shape index (κ2) is 41.0. The maximum atomic E-state index is 15.3. The molecule has 26 heteroatoms. The third-order valence-electron chi connectivity index (χ3n) is 17.2. The van der Waals surface area contributed by atoms with Crippen LogP contribution in [0.25, 0.3) is 0 Å². The number of primary amides is 1. The number of nitrogens with two attached hydrogens (primary N) is 1. The number of carboxylic acids is 1. The number of hydrogen-bond acceptors (Lipinski definition) is 15. The molecule has 530 valence electrons. The molecule has 0 unspecified atom stereocenters. The summed E-state index contributed by atoms with van der Waals surface area (Å²) in [5, 5.41) is 28.9. The maximum Gasteiger partial charge on any atom is 0.410 e. The first-order valence-electron chi connectivity index (χ1n) is 33.9. The quantitative estimate of drug-likeness (QED) is 0.0195. The number of unbranched alkanes of at least 4 members (excludes halogenated alkanes) is 2. The maximum absolute atomic E-state index is 15.3. The Morgan fingerprint density at radius 2 is 1.39 bits per heavy atom. The Hall–Kier alpha value is -8.26. The molecule has 25 nitrogen and oxygen atoms in total. The van der Waals surface area contributed by atoms with Crippen LogP contribution in [0.2, 0.25) is 0 Å². The van der Waals surface area contributed by atoms with E-state index in [1.54, 1.807) is 50.4 Å². The molecule has 3 aromatic rings. The van der Waals surface area contributed by atoms with Crippen LogP contribution in [0, 0.1) is 29.6 Å². The van der Waals surface area contributed by atoms with Crippen molar-refractivity contribution in [2.45, 2.75) is 209 Å². The molecule has 1 aromatic heterocycles. The zero-order valence-corrected chi connectivity index (χ0v) is 58.9. The van der Waals surface area contributed by atoms with E-state index in [1.165, 1.54) is 35.4 Å². The van der Waals surface area contributed by atoms with E-state index in [1.807, 2.05) is 90.6 Å². The van der Waals surface area contributed by atoms with E-state index in [-0.39, 0.29) is 98.4 Å². The first-order chi connectivity index (χ1) is 45.6. The SMILES string of the molecule is CCCO[C@H](C[C@H](C(C)C)N(CCC)C(=O)[C@@H](NC(=O)[C@H]([C@@H](C)CC)N(C)C(=O)OCc1ccc(NC(=O)[C@H](CCCNC(N)=O)NC(=O)[C@@H](NC(=O)CCCCCN2C(=O)C=CC2=O)C(C)C)cc1)[C@@H](C)CC)c1nc(C(=O)N[C@@H](Cc2ccccc2)C[C@H](C)C(=O)O)cs1. The lowest BCUT2D eigenvalue weighted by Gasteiger charge is -2.40. The monoisotopic (exact) mass is 1360 g/mol. The van der Waals surface area contributed by atoms with Crippen molar-refractivity contribution in [2.24, 2.45) is 35.3 Å². The fourth-order valence-electron chi connectivity index (χ4n) is 11.2. The van der Waals surface area contributed by atoms with E-state index in [0.717, 1.165) is 10.5 Å². The summed E-state index contributed by atoms with van der Waals surface area (Å²) < 4.78 is 12.3. The number of aromatic nitrogens is 1. The van der Waals surface area contributed by atoms with Crippen LogP contribution in [0.5, 0.6) is 0 Å². The van der Waals surface area contributed by atoms with Crippen molar-refractivity contribution in [2.75, 3.05) is 38.6 Å². The Morgan fingerprint density at radius 1 is 0.719 bits per heavy atom. The van der Waals surface area contributed by atoms with Gasteiger partial charge in [0.2, 0.25) is 29.5 Å². The molecule has 0 aliphatic carbocycles. The summed E-state index contributed by atoms with van der Waals surface area (Å²) in [4.78, 5) is 155. The molecule has 10 atom stereocenters. The van der Waals surface area contributed by atoms with Gasteiger partial charge in [-0.2, -0.15) is 0 Å². The third kappa shape index (κ3) is 25.7. The van der Waals surface area contributed by atoms with Gasteiger partial charge < -0.3 is 57.1 Å². The molecule has 0 fully saturated rings. The standard InChI is InChI=1S/C70H105N11O14S/c1-13-35-80(54(43(5)6)40-55(94-37-14-2)66-76-53(42-96-66)63(86)74-51(38-47(11)68(90)91)39-48-24-19-17-20-25-48)67(89)60(45(9)15-3)78-65(88)61(46(10)16-4)79(12)70(93)95-41-49-28-30-50(31-29-49)73-62(85)52(26-23-34-72-69(71)92)75-64(87)59(44(7)8)77-56(82)27-21-18-22-36-81-57(83)32-33-58(81)84/h17,19-20,24-25,28-33,42-47,51-52,54-55,59-61H,13-16,18,21-23,26-27,34-41H2,1-12H3,(H,73,85)(H,74,86)(H,75,87)(H,77,82)(H,78,88)(H,90,91)(H3,71,72,92)/t45-,46-,47-,51+,52-,54+,55+,59-,60-,61-/m0/s1. The average molecular weight is 1360 g/mol. The number of hydrogen-bond donors (Lipinski definition) is 8. The molecule has 11 amide bonds. The van der Waals surface area contributed by atoms with Crippen molar-refractivity contribution < 1.29 is 67.3 Å². The molecule has 9 N–H and O–H groups in total. The summed E-state index contributed by atoms with van der Waals surface area (Å²) in [5.41, 5.74) is 7.26. The number of benzene rings is 2. The smallest absolute Gasteiger partial charge is 0.410 e. The molecule has 0 bridgehead atoms. The van der Waals surface area contributed by atoms with E-state index >= 15 is 4.79 Å². The highest BCUT2D eigenvalue weighted by Crippen LogP contribution is 2.32. The number of carbonyl (C=O) groups is 11. The molecule has 0 saturated carbocycles. The Morgan fingerprint density at radius 3 is 1.98 bits per heavy atom. The number of imide groups is 1. The van der Waals surface area contributed by atoms with Gasteiger partial charge in [-0.3, -0.25) is 53.0 Å². The number of amides is 11. The van der Waals surface area contributed by atoms with E-state index in [4.69, 9.17) is 20.2 Å². The number of anilines is 1. The third-order valence-corrected chi connectivity index (χ3v) is 18.2. The number of aliphatic carboxylic acids is 1. The predicted molar refractivity (Wildman–Crippen MR) is 367 cm³/mol. The van der Waals surface area contributed by atoms with Crippen molar-refractivity contribution in [3.05, 3.63) is 94.0 Å².